The molecule has 0 amide bonds. The van der Waals surface area contributed by atoms with Crippen LogP contribution in [0.3, 0.4) is 0 Å². The SMILES string of the molecule is CCn1ncc(NC2(C)CCNCC2)c(Br)c1=O. The van der Waals surface area contributed by atoms with E-state index in [1.54, 1.807) is 6.20 Å². The summed E-state index contributed by atoms with van der Waals surface area (Å²) in [6.45, 7) is 6.67. The van der Waals surface area contributed by atoms with Gasteiger partial charge in [-0.3, -0.25) is 4.79 Å². The van der Waals surface area contributed by atoms with Gasteiger partial charge in [0.1, 0.15) is 4.47 Å². The van der Waals surface area contributed by atoms with E-state index in [4.69, 9.17) is 0 Å². The molecule has 1 aromatic heterocycles. The minimum Gasteiger partial charge on any atom is -0.377 e. The van der Waals surface area contributed by atoms with E-state index >= 15 is 0 Å². The fourth-order valence-corrected chi connectivity index (χ4v) is 2.61. The van der Waals surface area contributed by atoms with E-state index in [0.717, 1.165) is 31.6 Å². The Bertz CT molecular complexity index is 479. The second kappa shape index (κ2) is 5.40. The van der Waals surface area contributed by atoms with E-state index in [9.17, 15) is 4.79 Å². The molecule has 0 saturated carbocycles. The predicted octanol–water partition coefficient (Wildman–Crippen LogP) is 1.58. The summed E-state index contributed by atoms with van der Waals surface area (Å²) < 4.78 is 2.01. The molecule has 0 aliphatic carbocycles. The van der Waals surface area contributed by atoms with Crippen LogP contribution in [-0.4, -0.2) is 28.4 Å². The van der Waals surface area contributed by atoms with Crippen LogP contribution in [-0.2, 0) is 6.54 Å². The van der Waals surface area contributed by atoms with Gasteiger partial charge >= 0.3 is 0 Å². The fraction of sp³-hybridized carbons (Fsp3) is 0.667. The van der Waals surface area contributed by atoms with Crippen LogP contribution in [0.25, 0.3) is 0 Å². The zero-order chi connectivity index (χ0) is 13.2. The number of nitrogens with zero attached hydrogens (tertiary/aromatic N) is 2. The minimum atomic E-state index is -0.0833. The number of rotatable bonds is 3. The van der Waals surface area contributed by atoms with Gasteiger partial charge in [0.25, 0.3) is 5.56 Å². The van der Waals surface area contributed by atoms with Crippen molar-refractivity contribution in [3.8, 4) is 0 Å². The van der Waals surface area contributed by atoms with E-state index in [0.29, 0.717) is 11.0 Å². The standard InChI is InChI=1S/C12H19BrN4O/c1-3-17-11(18)10(13)9(8-15-17)16-12(2)4-6-14-7-5-12/h8,14,16H,3-7H2,1-2H3. The van der Waals surface area contributed by atoms with Crippen LogP contribution >= 0.6 is 15.9 Å². The van der Waals surface area contributed by atoms with E-state index in [1.165, 1.54) is 4.68 Å². The van der Waals surface area contributed by atoms with Crippen LogP contribution < -0.4 is 16.2 Å². The summed E-state index contributed by atoms with van der Waals surface area (Å²) in [4.78, 5) is 12.0. The third kappa shape index (κ3) is 2.75. The maximum absolute atomic E-state index is 12.0. The lowest BCUT2D eigenvalue weighted by Gasteiger charge is -2.36. The van der Waals surface area contributed by atoms with Crippen molar-refractivity contribution in [1.82, 2.24) is 15.1 Å². The molecule has 1 aliphatic heterocycles. The molecule has 100 valence electrons. The average molecular weight is 315 g/mol. The summed E-state index contributed by atoms with van der Waals surface area (Å²) in [6, 6.07) is 0. The highest BCUT2D eigenvalue weighted by molar-refractivity contribution is 9.10. The Balaban J connectivity index is 2.24. The van der Waals surface area contributed by atoms with E-state index in [2.05, 4.69) is 38.6 Å². The number of anilines is 1. The molecule has 1 aromatic rings. The second-order valence-electron chi connectivity index (χ2n) is 4.93. The number of hydrogen-bond donors (Lipinski definition) is 2. The number of piperidine rings is 1. The Kier molecular flexibility index (Phi) is 4.07. The van der Waals surface area contributed by atoms with E-state index in [1.807, 2.05) is 6.92 Å². The van der Waals surface area contributed by atoms with Gasteiger partial charge in [-0.1, -0.05) is 0 Å². The van der Waals surface area contributed by atoms with Crippen molar-refractivity contribution in [3.63, 3.8) is 0 Å². The smallest absolute Gasteiger partial charge is 0.283 e. The van der Waals surface area contributed by atoms with Crippen molar-refractivity contribution in [2.45, 2.75) is 38.8 Å². The summed E-state index contributed by atoms with van der Waals surface area (Å²) in [5, 5.41) is 10.9. The van der Waals surface area contributed by atoms with Gasteiger partial charge in [-0.2, -0.15) is 5.10 Å². The first-order valence-electron chi connectivity index (χ1n) is 6.30. The number of aromatic nitrogens is 2. The van der Waals surface area contributed by atoms with Crippen LogP contribution in [0.5, 0.6) is 0 Å². The Morgan fingerprint density at radius 1 is 1.56 bits per heavy atom. The van der Waals surface area contributed by atoms with Crippen LogP contribution in [0.15, 0.2) is 15.5 Å². The Morgan fingerprint density at radius 3 is 2.83 bits per heavy atom. The Labute approximate surface area is 115 Å². The van der Waals surface area contributed by atoms with Crippen LogP contribution in [0.1, 0.15) is 26.7 Å². The summed E-state index contributed by atoms with van der Waals surface area (Å²) in [5.74, 6) is 0. The predicted molar refractivity (Wildman–Crippen MR) is 76.0 cm³/mol. The zero-order valence-corrected chi connectivity index (χ0v) is 12.4. The lowest BCUT2D eigenvalue weighted by atomic mass is 9.90. The van der Waals surface area contributed by atoms with Crippen molar-refractivity contribution in [3.05, 3.63) is 21.0 Å². The van der Waals surface area contributed by atoms with E-state index < -0.39 is 0 Å². The maximum atomic E-state index is 12.0. The highest BCUT2D eigenvalue weighted by Crippen LogP contribution is 2.26. The lowest BCUT2D eigenvalue weighted by Crippen LogP contribution is -2.45. The Hall–Kier alpha value is -0.880. The van der Waals surface area contributed by atoms with Gasteiger partial charge in [0, 0.05) is 12.1 Å². The van der Waals surface area contributed by atoms with Gasteiger partial charge in [0.2, 0.25) is 0 Å². The van der Waals surface area contributed by atoms with Crippen LogP contribution in [0.2, 0.25) is 0 Å². The molecule has 0 unspecified atom stereocenters. The molecule has 2 rings (SSSR count). The number of halogens is 1. The van der Waals surface area contributed by atoms with Gasteiger partial charge in [0.15, 0.2) is 0 Å². The molecule has 2 N–H and O–H groups in total. The normalized spacial score (nSPS) is 18.6. The fourth-order valence-electron chi connectivity index (χ4n) is 2.21. The van der Waals surface area contributed by atoms with Crippen LogP contribution in [0.4, 0.5) is 5.69 Å². The van der Waals surface area contributed by atoms with Crippen molar-refractivity contribution >= 4 is 21.6 Å². The molecule has 2 heterocycles. The molecular formula is C12H19BrN4O. The van der Waals surface area contributed by atoms with Crippen molar-refractivity contribution < 1.29 is 0 Å². The molecule has 1 fully saturated rings. The van der Waals surface area contributed by atoms with Crippen molar-refractivity contribution in [2.75, 3.05) is 18.4 Å². The lowest BCUT2D eigenvalue weighted by molar-refractivity contribution is 0.364. The number of nitrogens with one attached hydrogen (secondary N) is 2. The van der Waals surface area contributed by atoms with Gasteiger partial charge in [-0.15, -0.1) is 0 Å². The number of aryl methyl sites for hydroxylation is 1. The molecule has 6 heteroatoms. The Morgan fingerprint density at radius 2 is 2.22 bits per heavy atom. The highest BCUT2D eigenvalue weighted by atomic mass is 79.9. The average Bonchev–Trinajstić information content (AvgIpc) is 2.36. The molecule has 5 nitrogen and oxygen atoms in total. The van der Waals surface area contributed by atoms with Gasteiger partial charge in [0.05, 0.1) is 11.9 Å². The van der Waals surface area contributed by atoms with Gasteiger partial charge in [-0.05, 0) is 55.7 Å². The minimum absolute atomic E-state index is 0.0281. The second-order valence-corrected chi connectivity index (χ2v) is 5.72. The number of hydrogen-bond acceptors (Lipinski definition) is 4. The molecule has 0 spiro atoms. The zero-order valence-electron chi connectivity index (χ0n) is 10.8. The molecule has 18 heavy (non-hydrogen) atoms. The molecule has 1 saturated heterocycles. The summed E-state index contributed by atoms with van der Waals surface area (Å²) in [6.07, 6.45) is 3.80. The summed E-state index contributed by atoms with van der Waals surface area (Å²) in [5.41, 5.74) is 0.731. The first-order chi connectivity index (χ1) is 8.56. The largest absolute Gasteiger partial charge is 0.377 e. The van der Waals surface area contributed by atoms with Gasteiger partial charge < -0.3 is 10.6 Å². The van der Waals surface area contributed by atoms with Gasteiger partial charge in [-0.25, -0.2) is 4.68 Å². The quantitative estimate of drug-likeness (QED) is 0.889. The first kappa shape index (κ1) is 13.5. The monoisotopic (exact) mass is 314 g/mol. The third-order valence-electron chi connectivity index (χ3n) is 3.43. The van der Waals surface area contributed by atoms with E-state index in [-0.39, 0.29) is 11.1 Å². The summed E-state index contributed by atoms with van der Waals surface area (Å²) in [7, 11) is 0. The highest BCUT2D eigenvalue weighted by Gasteiger charge is 2.27. The maximum Gasteiger partial charge on any atom is 0.283 e. The topological polar surface area (TPSA) is 59.0 Å². The first-order valence-corrected chi connectivity index (χ1v) is 7.09. The van der Waals surface area contributed by atoms with Crippen LogP contribution in [0, 0.1) is 0 Å². The molecule has 0 radical (unpaired) electrons. The van der Waals surface area contributed by atoms with Crippen molar-refractivity contribution in [1.29, 1.82) is 0 Å². The molecular weight excluding hydrogens is 296 g/mol. The molecule has 0 aromatic carbocycles. The third-order valence-corrected chi connectivity index (χ3v) is 4.19. The molecule has 1 aliphatic rings. The summed E-state index contributed by atoms with van der Waals surface area (Å²) >= 11 is 3.37. The molecule has 0 atom stereocenters. The molecule has 0 bridgehead atoms. The van der Waals surface area contributed by atoms with Crippen molar-refractivity contribution in [2.24, 2.45) is 0 Å².